The predicted molar refractivity (Wildman–Crippen MR) is 80.2 cm³/mol. The van der Waals surface area contributed by atoms with E-state index in [4.69, 9.17) is 4.74 Å². The smallest absolute Gasteiger partial charge is 0.225 e. The Bertz CT molecular complexity index is 434. The topological polar surface area (TPSA) is 61.7 Å². The number of nitrogens with zero attached hydrogens (tertiary/aromatic N) is 4. The first kappa shape index (κ1) is 14.7. The lowest BCUT2D eigenvalue weighted by atomic mass is 10.1. The Morgan fingerprint density at radius 3 is 2.67 bits per heavy atom. The van der Waals surface area contributed by atoms with Crippen molar-refractivity contribution in [1.82, 2.24) is 14.9 Å². The van der Waals surface area contributed by atoms with Crippen LogP contribution in [0, 0.1) is 5.92 Å². The molecule has 2 aliphatic rings. The molecule has 2 aliphatic heterocycles. The van der Waals surface area contributed by atoms with Crippen LogP contribution in [0.3, 0.4) is 0 Å². The first-order valence-corrected chi connectivity index (χ1v) is 7.82. The lowest BCUT2D eigenvalue weighted by Gasteiger charge is -2.22. The van der Waals surface area contributed by atoms with Crippen LogP contribution < -0.4 is 4.90 Å². The molecule has 1 aromatic heterocycles. The third-order valence-corrected chi connectivity index (χ3v) is 4.17. The first-order chi connectivity index (χ1) is 10.3. The fourth-order valence-corrected chi connectivity index (χ4v) is 2.98. The first-order valence-electron chi connectivity index (χ1n) is 7.82. The number of aliphatic hydroxyl groups is 1. The zero-order valence-corrected chi connectivity index (χ0v) is 12.4. The van der Waals surface area contributed by atoms with E-state index >= 15 is 0 Å². The summed E-state index contributed by atoms with van der Waals surface area (Å²) in [6.45, 7) is 6.28. The van der Waals surface area contributed by atoms with E-state index in [1.54, 1.807) is 0 Å². The zero-order chi connectivity index (χ0) is 14.5. The molecule has 1 N–H and O–H groups in total. The molecule has 0 radical (unpaired) electrons. The second kappa shape index (κ2) is 7.15. The molecule has 0 bridgehead atoms. The normalized spacial score (nSPS) is 24.2. The predicted octanol–water partition coefficient (Wildman–Crippen LogP) is 0.517. The maximum Gasteiger partial charge on any atom is 0.225 e. The van der Waals surface area contributed by atoms with Gasteiger partial charge in [0.25, 0.3) is 0 Å². The summed E-state index contributed by atoms with van der Waals surface area (Å²) in [6, 6.07) is 0. The van der Waals surface area contributed by atoms with Crippen molar-refractivity contribution >= 4 is 5.95 Å². The van der Waals surface area contributed by atoms with Gasteiger partial charge in [0.05, 0.1) is 13.2 Å². The van der Waals surface area contributed by atoms with Crippen LogP contribution in [-0.2, 0) is 11.3 Å². The van der Waals surface area contributed by atoms with Gasteiger partial charge in [-0.3, -0.25) is 4.90 Å². The number of ether oxygens (including phenoxy) is 1. The monoisotopic (exact) mass is 292 g/mol. The van der Waals surface area contributed by atoms with Crippen LogP contribution in [-0.4, -0.2) is 66.0 Å². The summed E-state index contributed by atoms with van der Waals surface area (Å²) in [5.74, 6) is 1.06. The van der Waals surface area contributed by atoms with E-state index in [-0.39, 0.29) is 12.5 Å². The SMILES string of the molecule is OC[C@@H]1COCCN(Cc2cnc(N3CCCC3)nc2)C1. The molecule has 21 heavy (non-hydrogen) atoms. The van der Waals surface area contributed by atoms with Crippen molar-refractivity contribution in [3.05, 3.63) is 18.0 Å². The minimum Gasteiger partial charge on any atom is -0.396 e. The third kappa shape index (κ3) is 3.90. The minimum absolute atomic E-state index is 0.181. The third-order valence-electron chi connectivity index (χ3n) is 4.17. The van der Waals surface area contributed by atoms with Gasteiger partial charge in [0.2, 0.25) is 5.95 Å². The van der Waals surface area contributed by atoms with E-state index in [2.05, 4.69) is 19.8 Å². The largest absolute Gasteiger partial charge is 0.396 e. The van der Waals surface area contributed by atoms with E-state index in [9.17, 15) is 5.11 Å². The van der Waals surface area contributed by atoms with Gasteiger partial charge in [-0.15, -0.1) is 0 Å². The Balaban J connectivity index is 1.58. The standard InChI is InChI=1S/C15H24N4O2/c20-11-14-10-18(5-6-21-12-14)9-13-7-16-15(17-8-13)19-3-1-2-4-19/h7-8,14,20H,1-6,9-12H2/t14-/m1/s1. The van der Waals surface area contributed by atoms with Crippen LogP contribution in [0.25, 0.3) is 0 Å². The van der Waals surface area contributed by atoms with Crippen molar-refractivity contribution in [3.63, 3.8) is 0 Å². The van der Waals surface area contributed by atoms with Crippen molar-refractivity contribution in [3.8, 4) is 0 Å². The van der Waals surface area contributed by atoms with Crippen LogP contribution in [0.5, 0.6) is 0 Å². The van der Waals surface area contributed by atoms with Gasteiger partial charge in [0.1, 0.15) is 0 Å². The van der Waals surface area contributed by atoms with Crippen LogP contribution >= 0.6 is 0 Å². The van der Waals surface area contributed by atoms with E-state index in [1.165, 1.54) is 12.8 Å². The van der Waals surface area contributed by atoms with Gasteiger partial charge in [0.15, 0.2) is 0 Å². The summed E-state index contributed by atoms with van der Waals surface area (Å²) >= 11 is 0. The lowest BCUT2D eigenvalue weighted by molar-refractivity contribution is 0.0958. The number of anilines is 1. The van der Waals surface area contributed by atoms with E-state index in [0.29, 0.717) is 6.61 Å². The van der Waals surface area contributed by atoms with Gasteiger partial charge < -0.3 is 14.7 Å². The zero-order valence-electron chi connectivity index (χ0n) is 12.4. The fraction of sp³-hybridized carbons (Fsp3) is 0.733. The quantitative estimate of drug-likeness (QED) is 0.873. The van der Waals surface area contributed by atoms with Crippen molar-refractivity contribution < 1.29 is 9.84 Å². The van der Waals surface area contributed by atoms with Gasteiger partial charge in [-0.05, 0) is 12.8 Å². The molecule has 0 unspecified atom stereocenters. The van der Waals surface area contributed by atoms with Crippen molar-refractivity contribution in [1.29, 1.82) is 0 Å². The molecular formula is C15H24N4O2. The summed E-state index contributed by atoms with van der Waals surface area (Å²) in [5, 5.41) is 9.32. The Hall–Kier alpha value is -1.24. The molecular weight excluding hydrogens is 268 g/mol. The summed E-state index contributed by atoms with van der Waals surface area (Å²) in [4.78, 5) is 13.5. The molecule has 6 heteroatoms. The fourth-order valence-electron chi connectivity index (χ4n) is 2.98. The Morgan fingerprint density at radius 1 is 1.19 bits per heavy atom. The molecule has 0 saturated carbocycles. The van der Waals surface area contributed by atoms with Gasteiger partial charge >= 0.3 is 0 Å². The summed E-state index contributed by atoms with van der Waals surface area (Å²) in [5.41, 5.74) is 1.12. The Labute approximate surface area is 125 Å². The maximum atomic E-state index is 9.32. The summed E-state index contributed by atoms with van der Waals surface area (Å²) in [6.07, 6.45) is 6.34. The molecule has 6 nitrogen and oxygen atoms in total. The Kier molecular flexibility index (Phi) is 5.00. The molecule has 2 fully saturated rings. The minimum atomic E-state index is 0.181. The maximum absolute atomic E-state index is 9.32. The number of aromatic nitrogens is 2. The highest BCUT2D eigenvalue weighted by Crippen LogP contribution is 2.16. The van der Waals surface area contributed by atoms with Crippen molar-refractivity contribution in [2.75, 3.05) is 50.9 Å². The molecule has 0 spiro atoms. The van der Waals surface area contributed by atoms with Crippen molar-refractivity contribution in [2.45, 2.75) is 19.4 Å². The van der Waals surface area contributed by atoms with Gasteiger partial charge in [-0.2, -0.15) is 0 Å². The van der Waals surface area contributed by atoms with E-state index in [0.717, 1.165) is 50.8 Å². The van der Waals surface area contributed by atoms with E-state index in [1.807, 2.05) is 12.4 Å². The van der Waals surface area contributed by atoms with Crippen LogP contribution in [0.2, 0.25) is 0 Å². The number of aliphatic hydroxyl groups excluding tert-OH is 1. The molecule has 0 amide bonds. The molecule has 0 aliphatic carbocycles. The molecule has 2 saturated heterocycles. The van der Waals surface area contributed by atoms with Crippen LogP contribution in [0.1, 0.15) is 18.4 Å². The molecule has 1 aromatic rings. The highest BCUT2D eigenvalue weighted by molar-refractivity contribution is 5.30. The molecule has 3 heterocycles. The number of hydrogen-bond donors (Lipinski definition) is 1. The average molecular weight is 292 g/mol. The highest BCUT2D eigenvalue weighted by Gasteiger charge is 2.19. The Morgan fingerprint density at radius 2 is 1.95 bits per heavy atom. The summed E-state index contributed by atoms with van der Waals surface area (Å²) in [7, 11) is 0. The van der Waals surface area contributed by atoms with E-state index < -0.39 is 0 Å². The van der Waals surface area contributed by atoms with Crippen molar-refractivity contribution in [2.24, 2.45) is 5.92 Å². The van der Waals surface area contributed by atoms with Gasteiger partial charge in [-0.25, -0.2) is 9.97 Å². The van der Waals surface area contributed by atoms with Gasteiger partial charge in [-0.1, -0.05) is 0 Å². The molecule has 0 aromatic carbocycles. The number of hydrogen-bond acceptors (Lipinski definition) is 6. The average Bonchev–Trinajstić information content (AvgIpc) is 2.96. The highest BCUT2D eigenvalue weighted by atomic mass is 16.5. The lowest BCUT2D eigenvalue weighted by Crippen LogP contribution is -2.31. The van der Waals surface area contributed by atoms with Gasteiger partial charge in [0, 0.05) is 63.2 Å². The number of rotatable bonds is 4. The summed E-state index contributed by atoms with van der Waals surface area (Å²) < 4.78 is 5.51. The second-order valence-electron chi connectivity index (χ2n) is 5.94. The van der Waals surface area contributed by atoms with Crippen LogP contribution in [0.15, 0.2) is 12.4 Å². The molecule has 3 rings (SSSR count). The molecule has 1 atom stereocenters. The van der Waals surface area contributed by atoms with Crippen LogP contribution in [0.4, 0.5) is 5.95 Å². The second-order valence-corrected chi connectivity index (χ2v) is 5.94. The molecule has 116 valence electrons.